The molecule has 0 aromatic rings. The molecule has 2 nitrogen and oxygen atoms in total. The average Bonchev–Trinajstić information content (AvgIpc) is 2.28. The maximum absolute atomic E-state index is 3.59. The van der Waals surface area contributed by atoms with E-state index < -0.39 is 0 Å². The minimum atomic E-state index is 0.372. The van der Waals surface area contributed by atoms with Gasteiger partial charge in [-0.1, -0.05) is 19.8 Å². The lowest BCUT2D eigenvalue weighted by Gasteiger charge is -2.45. The van der Waals surface area contributed by atoms with Crippen LogP contribution in [0, 0.1) is 17.8 Å². The maximum Gasteiger partial charge on any atom is 0.0330 e. The zero-order valence-electron chi connectivity index (χ0n) is 12.0. The molecule has 0 aliphatic heterocycles. The number of rotatable bonds is 5. The molecular formula is C15H28N2. The van der Waals surface area contributed by atoms with Gasteiger partial charge in [-0.2, -0.15) is 0 Å². The monoisotopic (exact) mass is 236 g/mol. The number of nitrogens with zero attached hydrogens (tertiary/aromatic N) is 1. The number of nitrogens with one attached hydrogen (secondary N) is 1. The fraction of sp³-hybridized carbons (Fsp3) is 0.867. The van der Waals surface area contributed by atoms with Gasteiger partial charge in [0.2, 0.25) is 0 Å². The normalized spacial score (nSPS) is 28.9. The van der Waals surface area contributed by atoms with Crippen LogP contribution in [0.1, 0.15) is 46.0 Å². The lowest BCUT2D eigenvalue weighted by atomic mass is 9.75. The van der Waals surface area contributed by atoms with Crippen LogP contribution >= 0.6 is 0 Å². The first-order valence-corrected chi connectivity index (χ1v) is 6.88. The maximum atomic E-state index is 3.59. The van der Waals surface area contributed by atoms with Crippen molar-refractivity contribution in [3.8, 4) is 11.8 Å². The zero-order valence-corrected chi connectivity index (χ0v) is 12.0. The predicted molar refractivity (Wildman–Crippen MR) is 75.0 cm³/mol. The first-order valence-electron chi connectivity index (χ1n) is 6.88. The highest BCUT2D eigenvalue weighted by molar-refractivity contribution is 4.97. The van der Waals surface area contributed by atoms with Crippen molar-refractivity contribution < 1.29 is 0 Å². The van der Waals surface area contributed by atoms with Gasteiger partial charge in [-0.05, 0) is 39.8 Å². The molecule has 17 heavy (non-hydrogen) atoms. The molecule has 1 aliphatic carbocycles. The molecule has 2 atom stereocenters. The molecule has 1 aliphatic rings. The van der Waals surface area contributed by atoms with Crippen LogP contribution in [-0.4, -0.2) is 37.6 Å². The van der Waals surface area contributed by atoms with Crippen LogP contribution in [0.15, 0.2) is 0 Å². The Morgan fingerprint density at radius 1 is 1.41 bits per heavy atom. The van der Waals surface area contributed by atoms with Crippen LogP contribution in [-0.2, 0) is 0 Å². The molecular weight excluding hydrogens is 208 g/mol. The van der Waals surface area contributed by atoms with E-state index >= 15 is 0 Å². The Balaban J connectivity index is 2.44. The molecule has 0 bridgehead atoms. The van der Waals surface area contributed by atoms with Gasteiger partial charge >= 0.3 is 0 Å². The van der Waals surface area contributed by atoms with Gasteiger partial charge in [0.05, 0.1) is 0 Å². The van der Waals surface area contributed by atoms with E-state index in [0.717, 1.165) is 25.4 Å². The quantitative estimate of drug-likeness (QED) is 0.583. The Hall–Kier alpha value is -0.520. The Labute approximate surface area is 107 Å². The van der Waals surface area contributed by atoms with Gasteiger partial charge < -0.3 is 10.2 Å². The van der Waals surface area contributed by atoms with E-state index in [1.165, 1.54) is 25.7 Å². The van der Waals surface area contributed by atoms with Crippen molar-refractivity contribution in [2.24, 2.45) is 5.92 Å². The van der Waals surface area contributed by atoms with E-state index in [2.05, 4.69) is 43.1 Å². The molecule has 0 radical (unpaired) electrons. The zero-order chi connectivity index (χ0) is 12.7. The molecule has 0 aromatic heterocycles. The molecule has 2 unspecified atom stereocenters. The third-order valence-electron chi connectivity index (χ3n) is 4.07. The van der Waals surface area contributed by atoms with Crippen LogP contribution in [0.25, 0.3) is 0 Å². The predicted octanol–water partition coefficient (Wildman–Crippen LogP) is 2.50. The Bertz CT molecular complexity index is 274. The van der Waals surface area contributed by atoms with E-state index in [1.807, 2.05) is 6.92 Å². The summed E-state index contributed by atoms with van der Waals surface area (Å²) in [6.07, 6.45) is 6.39. The Morgan fingerprint density at radius 3 is 2.76 bits per heavy atom. The van der Waals surface area contributed by atoms with Crippen molar-refractivity contribution in [2.75, 3.05) is 27.2 Å². The molecule has 1 fully saturated rings. The van der Waals surface area contributed by atoms with Gasteiger partial charge in [-0.3, -0.25) is 0 Å². The van der Waals surface area contributed by atoms with Crippen molar-refractivity contribution >= 4 is 0 Å². The van der Waals surface area contributed by atoms with Gasteiger partial charge in [0.1, 0.15) is 0 Å². The molecule has 0 heterocycles. The molecule has 98 valence electrons. The van der Waals surface area contributed by atoms with E-state index in [-0.39, 0.29) is 0 Å². The summed E-state index contributed by atoms with van der Waals surface area (Å²) in [7, 11) is 4.46. The van der Waals surface area contributed by atoms with Crippen LogP contribution in [0.3, 0.4) is 0 Å². The molecule has 0 aromatic carbocycles. The fourth-order valence-electron chi connectivity index (χ4n) is 2.95. The summed E-state index contributed by atoms with van der Waals surface area (Å²) < 4.78 is 0. The van der Waals surface area contributed by atoms with Crippen molar-refractivity contribution in [3.63, 3.8) is 0 Å². The standard InChI is InChI=1S/C15H28N2/c1-5-6-7-11-16-13-15(17(3)4)10-8-9-14(2)12-15/h14,16H,7-13H2,1-4H3. The summed E-state index contributed by atoms with van der Waals surface area (Å²) in [4.78, 5) is 2.43. The SMILES string of the molecule is CC#CCCNCC1(N(C)C)CCCC(C)C1. The minimum Gasteiger partial charge on any atom is -0.314 e. The fourth-order valence-corrected chi connectivity index (χ4v) is 2.95. The molecule has 1 saturated carbocycles. The summed E-state index contributed by atoms with van der Waals surface area (Å²) in [5, 5.41) is 3.59. The van der Waals surface area contributed by atoms with Crippen molar-refractivity contribution in [2.45, 2.75) is 51.5 Å². The molecule has 1 N–H and O–H groups in total. The highest BCUT2D eigenvalue weighted by Gasteiger charge is 2.36. The summed E-state index contributed by atoms with van der Waals surface area (Å²) in [6, 6.07) is 0. The highest BCUT2D eigenvalue weighted by atomic mass is 15.2. The first kappa shape index (κ1) is 14.5. The second-order valence-corrected chi connectivity index (χ2v) is 5.67. The van der Waals surface area contributed by atoms with Crippen molar-refractivity contribution in [3.05, 3.63) is 0 Å². The second-order valence-electron chi connectivity index (χ2n) is 5.67. The number of likely N-dealkylation sites (N-methyl/N-ethyl adjacent to an activating group) is 1. The largest absolute Gasteiger partial charge is 0.314 e. The summed E-state index contributed by atoms with van der Waals surface area (Å²) in [5.74, 6) is 6.92. The van der Waals surface area contributed by atoms with Gasteiger partial charge in [0.25, 0.3) is 0 Å². The lowest BCUT2D eigenvalue weighted by Crippen LogP contribution is -2.54. The van der Waals surface area contributed by atoms with E-state index in [0.29, 0.717) is 5.54 Å². The number of hydrogen-bond donors (Lipinski definition) is 1. The smallest absolute Gasteiger partial charge is 0.0330 e. The molecule has 2 heteroatoms. The Morgan fingerprint density at radius 2 is 2.18 bits per heavy atom. The van der Waals surface area contributed by atoms with Crippen molar-refractivity contribution in [1.82, 2.24) is 10.2 Å². The van der Waals surface area contributed by atoms with Crippen molar-refractivity contribution in [1.29, 1.82) is 0 Å². The third kappa shape index (κ3) is 4.33. The van der Waals surface area contributed by atoms with Crippen LogP contribution in [0.4, 0.5) is 0 Å². The summed E-state index contributed by atoms with van der Waals surface area (Å²) in [5.41, 5.74) is 0.372. The topological polar surface area (TPSA) is 15.3 Å². The Kier molecular flexibility index (Phi) is 6.02. The lowest BCUT2D eigenvalue weighted by molar-refractivity contribution is 0.0756. The summed E-state index contributed by atoms with van der Waals surface area (Å²) >= 11 is 0. The van der Waals surface area contributed by atoms with Gasteiger partial charge in [-0.15, -0.1) is 11.8 Å². The molecule has 0 amide bonds. The summed E-state index contributed by atoms with van der Waals surface area (Å²) in [6.45, 7) is 6.42. The van der Waals surface area contributed by atoms with Gasteiger partial charge in [0, 0.05) is 25.0 Å². The van der Waals surface area contributed by atoms with Gasteiger partial charge in [0.15, 0.2) is 0 Å². The van der Waals surface area contributed by atoms with Crippen LogP contribution in [0.2, 0.25) is 0 Å². The van der Waals surface area contributed by atoms with Gasteiger partial charge in [-0.25, -0.2) is 0 Å². The molecule has 0 saturated heterocycles. The second kappa shape index (κ2) is 7.03. The van der Waals surface area contributed by atoms with E-state index in [4.69, 9.17) is 0 Å². The third-order valence-corrected chi connectivity index (χ3v) is 4.07. The number of hydrogen-bond acceptors (Lipinski definition) is 2. The average molecular weight is 236 g/mol. The highest BCUT2D eigenvalue weighted by Crippen LogP contribution is 2.35. The van der Waals surface area contributed by atoms with E-state index in [1.54, 1.807) is 0 Å². The van der Waals surface area contributed by atoms with Crippen LogP contribution in [0.5, 0.6) is 0 Å². The van der Waals surface area contributed by atoms with E-state index in [9.17, 15) is 0 Å². The minimum absolute atomic E-state index is 0.372. The molecule has 0 spiro atoms. The molecule has 1 rings (SSSR count). The first-order chi connectivity index (χ1) is 8.10. The van der Waals surface area contributed by atoms with Crippen LogP contribution < -0.4 is 5.32 Å².